The van der Waals surface area contributed by atoms with Gasteiger partial charge in [0.25, 0.3) is 0 Å². The highest BCUT2D eigenvalue weighted by Crippen LogP contribution is 2.24. The van der Waals surface area contributed by atoms with Gasteiger partial charge in [-0.1, -0.05) is 30.3 Å². The van der Waals surface area contributed by atoms with E-state index in [4.69, 9.17) is 4.42 Å². The third-order valence-corrected chi connectivity index (χ3v) is 4.07. The highest BCUT2D eigenvalue weighted by molar-refractivity contribution is 9.10. The van der Waals surface area contributed by atoms with Crippen LogP contribution < -0.4 is 5.32 Å². The van der Waals surface area contributed by atoms with E-state index in [0.717, 1.165) is 21.4 Å². The fraction of sp³-hybridized carbons (Fsp3) is 0.111. The largest absolute Gasteiger partial charge is 0.440 e. The van der Waals surface area contributed by atoms with E-state index in [9.17, 15) is 4.79 Å². The molecule has 1 amide bonds. The number of nitrogens with zero attached hydrogens (tertiary/aromatic N) is 1. The Labute approximate surface area is 142 Å². The Kier molecular flexibility index (Phi) is 4.57. The van der Waals surface area contributed by atoms with Crippen molar-refractivity contribution in [2.24, 2.45) is 0 Å². The molecular weight excluding hydrogens is 356 g/mol. The molecule has 1 N–H and O–H groups in total. The smallest absolute Gasteiger partial charge is 0.232 e. The second-order valence-corrected chi connectivity index (χ2v) is 5.95. The fourth-order valence-corrected chi connectivity index (χ4v) is 2.58. The van der Waals surface area contributed by atoms with Crippen molar-refractivity contribution in [1.29, 1.82) is 0 Å². The molecule has 0 saturated carbocycles. The van der Waals surface area contributed by atoms with Crippen molar-refractivity contribution in [1.82, 2.24) is 4.98 Å². The van der Waals surface area contributed by atoms with Crippen LogP contribution in [-0.2, 0) is 11.2 Å². The van der Waals surface area contributed by atoms with Crippen LogP contribution in [0.2, 0.25) is 0 Å². The van der Waals surface area contributed by atoms with Crippen LogP contribution in [0.25, 0.3) is 11.5 Å². The van der Waals surface area contributed by atoms with Crippen molar-refractivity contribution < 1.29 is 9.21 Å². The predicted octanol–water partition coefficient (Wildman–Crippen LogP) is 4.59. The summed E-state index contributed by atoms with van der Waals surface area (Å²) in [6.07, 6.45) is 0.146. The number of nitrogens with one attached hydrogen (secondary N) is 1. The van der Waals surface area contributed by atoms with Crippen LogP contribution in [0, 0.1) is 6.92 Å². The van der Waals surface area contributed by atoms with Gasteiger partial charge >= 0.3 is 0 Å². The van der Waals surface area contributed by atoms with Gasteiger partial charge < -0.3 is 9.73 Å². The van der Waals surface area contributed by atoms with Crippen LogP contribution in [0.3, 0.4) is 0 Å². The molecule has 0 radical (unpaired) electrons. The molecule has 0 saturated heterocycles. The number of halogens is 1. The molecule has 0 aliphatic heterocycles. The topological polar surface area (TPSA) is 55.1 Å². The molecular formula is C18H15BrN2O2. The van der Waals surface area contributed by atoms with E-state index >= 15 is 0 Å². The molecule has 3 aromatic rings. The first-order chi connectivity index (χ1) is 11.1. The number of aryl methyl sites for hydroxylation is 1. The first-order valence-electron chi connectivity index (χ1n) is 7.19. The molecule has 0 fully saturated rings. The Morgan fingerprint density at radius 3 is 2.57 bits per heavy atom. The third kappa shape index (κ3) is 3.68. The second-order valence-electron chi connectivity index (χ2n) is 5.10. The minimum absolute atomic E-state index is 0.143. The molecule has 3 rings (SSSR count). The zero-order valence-corrected chi connectivity index (χ0v) is 14.1. The summed E-state index contributed by atoms with van der Waals surface area (Å²) in [7, 11) is 0. The van der Waals surface area contributed by atoms with Gasteiger partial charge in [-0.15, -0.1) is 0 Å². The van der Waals surface area contributed by atoms with E-state index in [2.05, 4.69) is 26.2 Å². The van der Waals surface area contributed by atoms with Gasteiger partial charge in [0.05, 0.1) is 17.8 Å². The summed E-state index contributed by atoms with van der Waals surface area (Å²) in [6, 6.07) is 17.1. The molecule has 116 valence electrons. The Hall–Kier alpha value is -2.40. The maximum Gasteiger partial charge on any atom is 0.232 e. The van der Waals surface area contributed by atoms with E-state index in [-0.39, 0.29) is 12.3 Å². The van der Waals surface area contributed by atoms with Crippen LogP contribution in [0.1, 0.15) is 11.5 Å². The molecule has 0 spiro atoms. The standard InChI is InChI=1S/C18H15BrN2O2/c1-12-16(23-18(20-12)13-7-3-2-4-8-13)11-17(22)21-15-10-6-5-9-14(15)19/h2-10H,11H2,1H3,(H,21,22). The lowest BCUT2D eigenvalue weighted by molar-refractivity contribution is -0.115. The lowest BCUT2D eigenvalue weighted by atomic mass is 10.2. The van der Waals surface area contributed by atoms with Crippen LogP contribution >= 0.6 is 15.9 Å². The molecule has 0 aliphatic rings. The zero-order valence-electron chi connectivity index (χ0n) is 12.5. The molecule has 0 aliphatic carbocycles. The lowest BCUT2D eigenvalue weighted by Crippen LogP contribution is -2.14. The maximum absolute atomic E-state index is 12.2. The van der Waals surface area contributed by atoms with Crippen molar-refractivity contribution in [2.45, 2.75) is 13.3 Å². The minimum Gasteiger partial charge on any atom is -0.440 e. The van der Waals surface area contributed by atoms with Gasteiger partial charge in [0, 0.05) is 10.0 Å². The zero-order chi connectivity index (χ0) is 16.2. The summed E-state index contributed by atoms with van der Waals surface area (Å²) >= 11 is 3.41. The Morgan fingerprint density at radius 2 is 1.83 bits per heavy atom. The highest BCUT2D eigenvalue weighted by atomic mass is 79.9. The highest BCUT2D eigenvalue weighted by Gasteiger charge is 2.15. The Bertz CT molecular complexity index is 828. The van der Waals surface area contributed by atoms with Crippen molar-refractivity contribution in [2.75, 3.05) is 5.32 Å². The molecule has 1 heterocycles. The minimum atomic E-state index is -0.143. The quantitative estimate of drug-likeness (QED) is 0.730. The van der Waals surface area contributed by atoms with Gasteiger partial charge in [0.15, 0.2) is 0 Å². The Balaban J connectivity index is 1.74. The maximum atomic E-state index is 12.2. The average molecular weight is 371 g/mol. The number of aromatic nitrogens is 1. The molecule has 2 aromatic carbocycles. The summed E-state index contributed by atoms with van der Waals surface area (Å²) in [5, 5.41) is 2.86. The van der Waals surface area contributed by atoms with Gasteiger partial charge in [-0.05, 0) is 47.1 Å². The molecule has 0 atom stereocenters. The molecule has 4 nitrogen and oxygen atoms in total. The van der Waals surface area contributed by atoms with Gasteiger partial charge in [-0.3, -0.25) is 4.79 Å². The number of carbonyl (C=O) groups excluding carboxylic acids is 1. The average Bonchev–Trinajstić information content (AvgIpc) is 2.91. The number of carbonyl (C=O) groups is 1. The molecule has 5 heteroatoms. The number of amides is 1. The van der Waals surface area contributed by atoms with E-state index in [1.165, 1.54) is 0 Å². The van der Waals surface area contributed by atoms with Crippen molar-refractivity contribution >= 4 is 27.5 Å². The first-order valence-corrected chi connectivity index (χ1v) is 7.99. The number of benzene rings is 2. The van der Waals surface area contributed by atoms with Crippen molar-refractivity contribution in [3.05, 3.63) is 70.5 Å². The van der Waals surface area contributed by atoms with Crippen LogP contribution in [0.5, 0.6) is 0 Å². The monoisotopic (exact) mass is 370 g/mol. The fourth-order valence-electron chi connectivity index (χ4n) is 2.20. The number of hydrogen-bond acceptors (Lipinski definition) is 3. The number of oxazole rings is 1. The number of rotatable bonds is 4. The van der Waals surface area contributed by atoms with Gasteiger partial charge in [-0.25, -0.2) is 4.98 Å². The normalized spacial score (nSPS) is 10.5. The summed E-state index contributed by atoms with van der Waals surface area (Å²) in [4.78, 5) is 16.6. The van der Waals surface area contributed by atoms with Crippen molar-refractivity contribution in [3.8, 4) is 11.5 Å². The van der Waals surface area contributed by atoms with Gasteiger partial charge in [-0.2, -0.15) is 0 Å². The molecule has 1 aromatic heterocycles. The molecule has 23 heavy (non-hydrogen) atoms. The van der Waals surface area contributed by atoms with Crippen molar-refractivity contribution in [3.63, 3.8) is 0 Å². The summed E-state index contributed by atoms with van der Waals surface area (Å²) in [5.41, 5.74) is 2.36. The van der Waals surface area contributed by atoms with Gasteiger partial charge in [0.1, 0.15) is 5.76 Å². The third-order valence-electron chi connectivity index (χ3n) is 3.38. The molecule has 0 bridgehead atoms. The number of hydrogen-bond donors (Lipinski definition) is 1. The Morgan fingerprint density at radius 1 is 1.13 bits per heavy atom. The number of para-hydroxylation sites is 1. The van der Waals surface area contributed by atoms with Crippen LogP contribution in [0.4, 0.5) is 5.69 Å². The van der Waals surface area contributed by atoms with Crippen LogP contribution in [-0.4, -0.2) is 10.9 Å². The number of anilines is 1. The SMILES string of the molecule is Cc1nc(-c2ccccc2)oc1CC(=O)Nc1ccccc1Br. The summed E-state index contributed by atoms with van der Waals surface area (Å²) < 4.78 is 6.60. The summed E-state index contributed by atoms with van der Waals surface area (Å²) in [5.74, 6) is 0.968. The van der Waals surface area contributed by atoms with Crippen LogP contribution in [0.15, 0.2) is 63.5 Å². The first kappa shape index (κ1) is 15.5. The van der Waals surface area contributed by atoms with E-state index in [0.29, 0.717) is 11.7 Å². The van der Waals surface area contributed by atoms with E-state index in [1.807, 2.05) is 61.5 Å². The predicted molar refractivity (Wildman–Crippen MR) is 93.2 cm³/mol. The van der Waals surface area contributed by atoms with Gasteiger partial charge in [0.2, 0.25) is 11.8 Å². The summed E-state index contributed by atoms with van der Waals surface area (Å²) in [6.45, 7) is 1.84. The second kappa shape index (κ2) is 6.79. The van der Waals surface area contributed by atoms with E-state index in [1.54, 1.807) is 0 Å². The lowest BCUT2D eigenvalue weighted by Gasteiger charge is -2.06. The molecule has 0 unspecified atom stereocenters. The van der Waals surface area contributed by atoms with E-state index < -0.39 is 0 Å².